The van der Waals surface area contributed by atoms with E-state index in [0.717, 1.165) is 0 Å². The van der Waals surface area contributed by atoms with Gasteiger partial charge in [-0.15, -0.1) is 0 Å². The van der Waals surface area contributed by atoms with Gasteiger partial charge in [0.2, 0.25) is 0 Å². The summed E-state index contributed by atoms with van der Waals surface area (Å²) in [6.07, 6.45) is -6.08. The van der Waals surface area contributed by atoms with Crippen molar-refractivity contribution in [1.29, 1.82) is 0 Å². The minimum atomic E-state index is -5.23. The summed E-state index contributed by atoms with van der Waals surface area (Å²) >= 11 is 3.21. The van der Waals surface area contributed by atoms with Crippen LogP contribution in [0.25, 0.3) is 0 Å². The summed E-state index contributed by atoms with van der Waals surface area (Å²) in [6, 6.07) is 9.31. The van der Waals surface area contributed by atoms with Crippen molar-refractivity contribution in [2.45, 2.75) is 58.5 Å². The third kappa shape index (κ3) is 8.19. The van der Waals surface area contributed by atoms with Crippen LogP contribution >= 0.6 is 15.9 Å². The summed E-state index contributed by atoms with van der Waals surface area (Å²) in [4.78, 5) is 23.6. The van der Waals surface area contributed by atoms with Crippen molar-refractivity contribution in [3.8, 4) is 5.75 Å². The molecule has 1 atom stereocenters. The lowest BCUT2D eigenvalue weighted by Crippen LogP contribution is -2.38. The molecule has 0 radical (unpaired) electrons. The Morgan fingerprint density at radius 3 is 2.29 bits per heavy atom. The fraction of sp³-hybridized carbons (Fsp3) is 0.391. The lowest BCUT2D eigenvalue weighted by Gasteiger charge is -2.23. The van der Waals surface area contributed by atoms with Gasteiger partial charge < -0.3 is 20.1 Å². The zero-order valence-electron chi connectivity index (χ0n) is 19.0. The van der Waals surface area contributed by atoms with Gasteiger partial charge in [0.15, 0.2) is 5.82 Å². The van der Waals surface area contributed by atoms with Gasteiger partial charge in [-0.3, -0.25) is 4.79 Å². The summed E-state index contributed by atoms with van der Waals surface area (Å²) < 4.78 is 64.9. The first-order valence-electron chi connectivity index (χ1n) is 10.2. The predicted molar refractivity (Wildman–Crippen MR) is 122 cm³/mol. The van der Waals surface area contributed by atoms with Crippen molar-refractivity contribution in [3.63, 3.8) is 0 Å². The number of amides is 2. The minimum Gasteiger partial charge on any atom is -0.487 e. The maximum absolute atomic E-state index is 15.4. The van der Waals surface area contributed by atoms with Crippen LogP contribution in [0.3, 0.4) is 0 Å². The Balaban J connectivity index is 2.33. The molecule has 186 valence electrons. The molecule has 0 aliphatic heterocycles. The lowest BCUT2D eigenvalue weighted by atomic mass is 10.0. The van der Waals surface area contributed by atoms with E-state index in [0.29, 0.717) is 5.56 Å². The van der Waals surface area contributed by atoms with E-state index in [1.807, 2.05) is 0 Å². The van der Waals surface area contributed by atoms with Gasteiger partial charge in [-0.2, -0.15) is 13.2 Å². The number of carbonyl (C=O) groups excluding carboxylic acids is 2. The Labute approximate surface area is 203 Å². The molecule has 0 saturated carbocycles. The number of rotatable bonds is 7. The number of halogens is 5. The van der Waals surface area contributed by atoms with E-state index in [9.17, 15) is 22.8 Å². The Morgan fingerprint density at radius 1 is 1.12 bits per heavy atom. The molecule has 34 heavy (non-hydrogen) atoms. The molecule has 0 heterocycles. The van der Waals surface area contributed by atoms with Crippen molar-refractivity contribution < 1.29 is 36.6 Å². The van der Waals surface area contributed by atoms with Crippen LogP contribution in [-0.4, -0.2) is 29.8 Å². The number of hydrogen-bond donors (Lipinski definition) is 2. The molecule has 2 amide bonds. The number of anilines is 1. The molecule has 2 rings (SSSR count). The summed E-state index contributed by atoms with van der Waals surface area (Å²) in [6.45, 7) is 6.53. The molecule has 0 saturated heterocycles. The predicted octanol–water partition coefficient (Wildman–Crippen LogP) is 6.12. The first-order chi connectivity index (χ1) is 15.7. The van der Waals surface area contributed by atoms with E-state index < -0.39 is 41.3 Å². The largest absolute Gasteiger partial charge is 0.487 e. The topological polar surface area (TPSA) is 76.7 Å². The van der Waals surface area contributed by atoms with E-state index in [4.69, 9.17) is 9.47 Å². The van der Waals surface area contributed by atoms with Crippen LogP contribution < -0.4 is 15.4 Å². The third-order valence-corrected chi connectivity index (χ3v) is 4.99. The van der Waals surface area contributed by atoms with Crippen LogP contribution in [0.2, 0.25) is 0 Å². The summed E-state index contributed by atoms with van der Waals surface area (Å²) in [5.74, 6) is -3.75. The van der Waals surface area contributed by atoms with Crippen LogP contribution in [-0.2, 0) is 22.6 Å². The van der Waals surface area contributed by atoms with Crippen molar-refractivity contribution in [3.05, 3.63) is 57.8 Å². The molecule has 0 spiro atoms. The van der Waals surface area contributed by atoms with Crippen molar-refractivity contribution in [2.75, 3.05) is 5.32 Å². The van der Waals surface area contributed by atoms with Crippen LogP contribution in [0, 0.1) is 5.82 Å². The van der Waals surface area contributed by atoms with E-state index in [2.05, 4.69) is 21.2 Å². The summed E-state index contributed by atoms with van der Waals surface area (Å²) in [7, 11) is 0. The monoisotopic (exact) mass is 548 g/mol. The van der Waals surface area contributed by atoms with Gasteiger partial charge in [-0.05, 0) is 45.7 Å². The SMILES string of the molecule is CC(Cc1c(Br)cc(OCc2ccccc2)c(NC(=O)C(F)(F)F)c1F)NC(=O)OC(C)(C)C. The highest BCUT2D eigenvalue weighted by Crippen LogP contribution is 2.37. The van der Waals surface area contributed by atoms with E-state index in [-0.39, 0.29) is 28.8 Å². The summed E-state index contributed by atoms with van der Waals surface area (Å²) in [5.41, 5.74) is -0.872. The van der Waals surface area contributed by atoms with Crippen molar-refractivity contribution in [2.24, 2.45) is 0 Å². The van der Waals surface area contributed by atoms with Crippen LogP contribution in [0.15, 0.2) is 40.9 Å². The number of nitrogens with one attached hydrogen (secondary N) is 2. The van der Waals surface area contributed by atoms with Gasteiger partial charge >= 0.3 is 18.2 Å². The smallest absolute Gasteiger partial charge is 0.471 e. The second-order valence-electron chi connectivity index (χ2n) is 8.50. The third-order valence-electron chi connectivity index (χ3n) is 4.28. The molecule has 0 bridgehead atoms. The van der Waals surface area contributed by atoms with Gasteiger partial charge in [0.25, 0.3) is 0 Å². The first kappa shape index (κ1) is 27.4. The molecule has 6 nitrogen and oxygen atoms in total. The van der Waals surface area contributed by atoms with Crippen LogP contribution in [0.4, 0.5) is 28.0 Å². The van der Waals surface area contributed by atoms with E-state index in [1.54, 1.807) is 63.3 Å². The average molecular weight is 549 g/mol. The maximum Gasteiger partial charge on any atom is 0.471 e. The molecule has 1 unspecified atom stereocenters. The maximum atomic E-state index is 15.4. The molecular formula is C23H25BrF4N2O4. The number of hydrogen-bond acceptors (Lipinski definition) is 4. The summed E-state index contributed by atoms with van der Waals surface area (Å²) in [5, 5.41) is 4.11. The van der Waals surface area contributed by atoms with Crippen LogP contribution in [0.5, 0.6) is 5.75 Å². The molecule has 2 aromatic rings. The highest BCUT2D eigenvalue weighted by molar-refractivity contribution is 9.10. The first-order valence-corrected chi connectivity index (χ1v) is 11.0. The van der Waals surface area contributed by atoms with Gasteiger partial charge in [0.1, 0.15) is 23.6 Å². The molecular weight excluding hydrogens is 524 g/mol. The Morgan fingerprint density at radius 2 is 1.74 bits per heavy atom. The quantitative estimate of drug-likeness (QED) is 0.408. The lowest BCUT2D eigenvalue weighted by molar-refractivity contribution is -0.167. The number of carbonyl (C=O) groups is 2. The second-order valence-corrected chi connectivity index (χ2v) is 9.36. The molecule has 0 aliphatic rings. The molecule has 2 N–H and O–H groups in total. The van der Waals surface area contributed by atoms with Crippen molar-refractivity contribution >= 4 is 33.6 Å². The van der Waals surface area contributed by atoms with E-state index >= 15 is 4.39 Å². The number of alkyl halides is 3. The molecule has 0 aromatic heterocycles. The Hall–Kier alpha value is -2.82. The minimum absolute atomic E-state index is 0.0619. The van der Waals surface area contributed by atoms with Crippen LogP contribution in [0.1, 0.15) is 38.8 Å². The Bertz CT molecular complexity index is 1020. The normalized spacial score (nSPS) is 12.6. The van der Waals surface area contributed by atoms with Crippen molar-refractivity contribution in [1.82, 2.24) is 5.32 Å². The van der Waals surface area contributed by atoms with Gasteiger partial charge in [-0.1, -0.05) is 46.3 Å². The zero-order chi connectivity index (χ0) is 25.7. The molecule has 2 aromatic carbocycles. The number of ether oxygens (including phenoxy) is 2. The van der Waals surface area contributed by atoms with Gasteiger partial charge in [0.05, 0.1) is 0 Å². The van der Waals surface area contributed by atoms with E-state index in [1.165, 1.54) is 6.07 Å². The molecule has 11 heteroatoms. The Kier molecular flexibility index (Phi) is 8.93. The number of benzene rings is 2. The standard InChI is InChI=1S/C23H25BrF4N2O4/c1-13(29-21(32)34-22(2,3)4)10-15-16(24)11-17(33-12-14-8-6-5-7-9-14)19(18(15)25)30-20(31)23(26,27)28/h5-9,11,13H,10,12H2,1-4H3,(H,29,32)(H,30,31). The second kappa shape index (κ2) is 11.1. The highest BCUT2D eigenvalue weighted by Gasteiger charge is 2.40. The molecule has 0 aliphatic carbocycles. The fourth-order valence-corrected chi connectivity index (χ4v) is 3.39. The number of alkyl carbamates (subject to hydrolysis) is 1. The van der Waals surface area contributed by atoms with Gasteiger partial charge in [0, 0.05) is 16.1 Å². The highest BCUT2D eigenvalue weighted by atomic mass is 79.9. The fourth-order valence-electron chi connectivity index (χ4n) is 2.84. The van der Waals surface area contributed by atoms with Gasteiger partial charge in [-0.25, -0.2) is 9.18 Å². The average Bonchev–Trinajstić information content (AvgIpc) is 2.70. The zero-order valence-corrected chi connectivity index (χ0v) is 20.6. The molecule has 0 fully saturated rings.